The number of alkyl carbamates (subject to hydrolysis) is 1. The number of benzene rings is 1. The Morgan fingerprint density at radius 1 is 1.27 bits per heavy atom. The predicted octanol–water partition coefficient (Wildman–Crippen LogP) is 2.61. The van der Waals surface area contributed by atoms with Crippen molar-refractivity contribution < 1.29 is 22.1 Å². The Bertz CT molecular complexity index is 619. The van der Waals surface area contributed by atoms with Gasteiger partial charge in [0.05, 0.1) is 17.5 Å². The molecule has 0 aliphatic carbocycles. The Balaban J connectivity index is 2.59. The van der Waals surface area contributed by atoms with Gasteiger partial charge in [-0.15, -0.1) is 0 Å². The molecule has 0 unspecified atom stereocenters. The van der Waals surface area contributed by atoms with E-state index >= 15 is 0 Å². The normalized spacial score (nSPS) is 13.5. The number of nitrogens with one attached hydrogen (secondary N) is 1. The number of carbonyl (C=O) groups is 1. The van der Waals surface area contributed by atoms with Gasteiger partial charge in [-0.05, 0) is 46.2 Å². The molecule has 6 nitrogen and oxygen atoms in total. The maximum absolute atomic E-state index is 12.1. The molecular weight excluding hydrogens is 306 g/mol. The van der Waals surface area contributed by atoms with Crippen LogP contribution in [0.3, 0.4) is 0 Å². The van der Waals surface area contributed by atoms with Crippen LogP contribution < -0.4 is 5.32 Å². The smallest absolute Gasteiger partial charge is 0.407 e. The highest BCUT2D eigenvalue weighted by Gasteiger charge is 2.21. The van der Waals surface area contributed by atoms with E-state index in [2.05, 4.69) is 5.32 Å². The second-order valence-electron chi connectivity index (χ2n) is 6.05. The van der Waals surface area contributed by atoms with Crippen LogP contribution in [0.1, 0.15) is 33.3 Å². The van der Waals surface area contributed by atoms with Crippen molar-refractivity contribution >= 4 is 16.2 Å². The van der Waals surface area contributed by atoms with Crippen LogP contribution >= 0.6 is 0 Å². The van der Waals surface area contributed by atoms with Gasteiger partial charge in [-0.2, -0.15) is 8.42 Å². The van der Waals surface area contributed by atoms with Crippen molar-refractivity contribution in [3.8, 4) is 0 Å². The minimum Gasteiger partial charge on any atom is -0.444 e. The third kappa shape index (κ3) is 6.03. The zero-order valence-electron chi connectivity index (χ0n) is 13.5. The minimum absolute atomic E-state index is 0.125. The van der Waals surface area contributed by atoms with Gasteiger partial charge in [0.1, 0.15) is 5.60 Å². The van der Waals surface area contributed by atoms with Crippen LogP contribution in [0.25, 0.3) is 0 Å². The van der Waals surface area contributed by atoms with Gasteiger partial charge in [0.15, 0.2) is 0 Å². The molecule has 0 saturated heterocycles. The molecular formula is C15H23NO5S. The van der Waals surface area contributed by atoms with E-state index in [4.69, 9.17) is 8.92 Å². The average Bonchev–Trinajstić information content (AvgIpc) is 2.34. The Kier molecular flexibility index (Phi) is 5.96. The van der Waals surface area contributed by atoms with E-state index in [-0.39, 0.29) is 11.5 Å². The first-order valence-corrected chi connectivity index (χ1v) is 8.37. The molecule has 22 heavy (non-hydrogen) atoms. The number of carbonyl (C=O) groups excluding carboxylic acids is 1. The summed E-state index contributed by atoms with van der Waals surface area (Å²) in [4.78, 5) is 11.7. The summed E-state index contributed by atoms with van der Waals surface area (Å²) in [6, 6.07) is 6.05. The molecule has 124 valence electrons. The third-order valence-electron chi connectivity index (χ3n) is 2.60. The van der Waals surface area contributed by atoms with Crippen LogP contribution in [0.2, 0.25) is 0 Å². The SMILES string of the molecule is Cc1ccccc1S(=O)(=O)OC[C@H](C)NC(=O)OC(C)(C)C. The first-order chi connectivity index (χ1) is 10.0. The van der Waals surface area contributed by atoms with Gasteiger partial charge in [-0.3, -0.25) is 4.18 Å². The number of ether oxygens (including phenoxy) is 1. The number of hydrogen-bond acceptors (Lipinski definition) is 5. The molecule has 0 aromatic heterocycles. The predicted molar refractivity (Wildman–Crippen MR) is 83.1 cm³/mol. The maximum atomic E-state index is 12.1. The molecule has 7 heteroatoms. The first-order valence-electron chi connectivity index (χ1n) is 6.96. The lowest BCUT2D eigenvalue weighted by Crippen LogP contribution is -2.40. The fraction of sp³-hybridized carbons (Fsp3) is 0.533. The Morgan fingerprint density at radius 3 is 2.41 bits per heavy atom. The van der Waals surface area contributed by atoms with E-state index in [0.29, 0.717) is 5.56 Å². The van der Waals surface area contributed by atoms with Gasteiger partial charge >= 0.3 is 6.09 Å². The number of rotatable bonds is 5. The number of amides is 1. The summed E-state index contributed by atoms with van der Waals surface area (Å²) in [5.74, 6) is 0. The van der Waals surface area contributed by atoms with Crippen LogP contribution in [0.4, 0.5) is 4.79 Å². The molecule has 1 aromatic carbocycles. The van der Waals surface area contributed by atoms with E-state index in [0.717, 1.165) is 0 Å². The van der Waals surface area contributed by atoms with Crippen molar-refractivity contribution in [1.29, 1.82) is 0 Å². The average molecular weight is 329 g/mol. The molecule has 0 bridgehead atoms. The van der Waals surface area contributed by atoms with Crippen molar-refractivity contribution in [3.63, 3.8) is 0 Å². The molecule has 1 aromatic rings. The standard InChI is InChI=1S/C15H23NO5S/c1-11-8-6-7-9-13(11)22(18,19)20-10-12(2)16-14(17)21-15(3,4)5/h6-9,12H,10H2,1-5H3,(H,16,17)/t12-/m0/s1. The van der Waals surface area contributed by atoms with E-state index in [1.54, 1.807) is 52.8 Å². The summed E-state index contributed by atoms with van der Waals surface area (Å²) in [5, 5.41) is 2.52. The Labute approximate surface area is 131 Å². The minimum atomic E-state index is -3.85. The van der Waals surface area contributed by atoms with Crippen molar-refractivity contribution in [2.45, 2.75) is 51.2 Å². The van der Waals surface area contributed by atoms with E-state index in [1.165, 1.54) is 6.07 Å². The zero-order chi connectivity index (χ0) is 17.0. The highest BCUT2D eigenvalue weighted by Crippen LogP contribution is 2.17. The molecule has 1 N–H and O–H groups in total. The van der Waals surface area contributed by atoms with Gasteiger partial charge in [0.25, 0.3) is 10.1 Å². The monoisotopic (exact) mass is 329 g/mol. The van der Waals surface area contributed by atoms with Crippen LogP contribution in [-0.2, 0) is 19.0 Å². The van der Waals surface area contributed by atoms with Crippen molar-refractivity contribution in [3.05, 3.63) is 29.8 Å². The van der Waals surface area contributed by atoms with Crippen LogP contribution in [0, 0.1) is 6.92 Å². The number of aryl methyl sites for hydroxylation is 1. The summed E-state index contributed by atoms with van der Waals surface area (Å²) in [5.41, 5.74) is -0.00649. The van der Waals surface area contributed by atoms with E-state index < -0.39 is 27.9 Å². The summed E-state index contributed by atoms with van der Waals surface area (Å²) >= 11 is 0. The third-order valence-corrected chi connectivity index (χ3v) is 4.04. The molecule has 0 aliphatic rings. The number of hydrogen-bond donors (Lipinski definition) is 1. The van der Waals surface area contributed by atoms with Gasteiger partial charge in [-0.1, -0.05) is 18.2 Å². The lowest BCUT2D eigenvalue weighted by Gasteiger charge is -2.21. The van der Waals surface area contributed by atoms with Crippen molar-refractivity contribution in [2.75, 3.05) is 6.61 Å². The fourth-order valence-electron chi connectivity index (χ4n) is 1.64. The summed E-state index contributed by atoms with van der Waals surface area (Å²) < 4.78 is 34.3. The van der Waals surface area contributed by atoms with Gasteiger partial charge in [-0.25, -0.2) is 4.79 Å². The maximum Gasteiger partial charge on any atom is 0.407 e. The molecule has 1 rings (SSSR count). The lowest BCUT2D eigenvalue weighted by atomic mass is 10.2. The molecule has 0 heterocycles. The van der Waals surface area contributed by atoms with Crippen LogP contribution in [-0.4, -0.2) is 32.8 Å². The zero-order valence-corrected chi connectivity index (χ0v) is 14.4. The first kappa shape index (κ1) is 18.4. The molecule has 1 amide bonds. The van der Waals surface area contributed by atoms with Crippen LogP contribution in [0.15, 0.2) is 29.2 Å². The molecule has 0 saturated carbocycles. The van der Waals surface area contributed by atoms with Gasteiger partial charge in [0.2, 0.25) is 0 Å². The van der Waals surface area contributed by atoms with E-state index in [1.807, 2.05) is 0 Å². The largest absolute Gasteiger partial charge is 0.444 e. The molecule has 0 spiro atoms. The van der Waals surface area contributed by atoms with E-state index in [9.17, 15) is 13.2 Å². The van der Waals surface area contributed by atoms with Crippen molar-refractivity contribution in [1.82, 2.24) is 5.32 Å². The molecule has 0 fully saturated rings. The fourth-order valence-corrected chi connectivity index (χ4v) is 2.86. The quantitative estimate of drug-likeness (QED) is 0.840. The Hall–Kier alpha value is -1.60. The lowest BCUT2D eigenvalue weighted by molar-refractivity contribution is 0.0494. The van der Waals surface area contributed by atoms with Gasteiger partial charge < -0.3 is 10.1 Å². The highest BCUT2D eigenvalue weighted by molar-refractivity contribution is 7.86. The van der Waals surface area contributed by atoms with Gasteiger partial charge in [0, 0.05) is 0 Å². The van der Waals surface area contributed by atoms with Crippen molar-refractivity contribution in [2.24, 2.45) is 0 Å². The summed E-state index contributed by atoms with van der Waals surface area (Å²) in [6.07, 6.45) is -0.614. The molecule has 0 aliphatic heterocycles. The second-order valence-corrected chi connectivity index (χ2v) is 7.64. The molecule has 1 atom stereocenters. The topological polar surface area (TPSA) is 81.7 Å². The summed E-state index contributed by atoms with van der Waals surface area (Å²) in [7, 11) is -3.85. The highest BCUT2D eigenvalue weighted by atomic mass is 32.2. The second kappa shape index (κ2) is 7.11. The molecule has 0 radical (unpaired) electrons. The Morgan fingerprint density at radius 2 is 1.86 bits per heavy atom. The van der Waals surface area contributed by atoms with Crippen LogP contribution in [0.5, 0.6) is 0 Å². The summed E-state index contributed by atoms with van der Waals surface area (Å²) in [6.45, 7) is 8.40.